The predicted octanol–water partition coefficient (Wildman–Crippen LogP) is 4.04. The van der Waals surface area contributed by atoms with Crippen LogP contribution < -0.4 is 5.32 Å². The van der Waals surface area contributed by atoms with Crippen LogP contribution in [0.25, 0.3) is 0 Å². The fraction of sp³-hybridized carbons (Fsp3) is 0.647. The van der Waals surface area contributed by atoms with Crippen molar-refractivity contribution in [1.82, 2.24) is 5.32 Å². The normalized spacial score (nSPS) is 23.2. The Bertz CT molecular complexity index is 395. The van der Waals surface area contributed by atoms with E-state index in [9.17, 15) is 0 Å². The summed E-state index contributed by atoms with van der Waals surface area (Å²) in [6.45, 7) is 11.3. The lowest BCUT2D eigenvalue weighted by Gasteiger charge is -2.37. The van der Waals surface area contributed by atoms with Crippen molar-refractivity contribution >= 4 is 0 Å². The van der Waals surface area contributed by atoms with Crippen LogP contribution in [0, 0.1) is 25.7 Å². The van der Waals surface area contributed by atoms with Crippen molar-refractivity contribution in [2.24, 2.45) is 11.8 Å². The quantitative estimate of drug-likeness (QED) is 0.825. The Kier molecular flexibility index (Phi) is 4.45. The molecule has 0 aliphatic heterocycles. The molecule has 1 aromatic carbocycles. The molecular formula is C17H27N. The van der Waals surface area contributed by atoms with Gasteiger partial charge in [0.25, 0.3) is 0 Å². The summed E-state index contributed by atoms with van der Waals surface area (Å²) in [5.41, 5.74) is 4.40. The number of aryl methyl sites for hydroxylation is 2. The van der Waals surface area contributed by atoms with Crippen molar-refractivity contribution in [3.8, 4) is 0 Å². The molecule has 0 amide bonds. The van der Waals surface area contributed by atoms with Crippen molar-refractivity contribution in [3.05, 3.63) is 34.9 Å². The van der Waals surface area contributed by atoms with Crippen LogP contribution in [0.3, 0.4) is 0 Å². The maximum atomic E-state index is 3.61. The molecule has 2 atom stereocenters. The lowest BCUT2D eigenvalue weighted by Crippen LogP contribution is -2.35. The van der Waals surface area contributed by atoms with Crippen LogP contribution in [0.5, 0.6) is 0 Å². The molecule has 0 spiro atoms. The minimum Gasteiger partial charge on any atom is -0.316 e. The van der Waals surface area contributed by atoms with Crippen LogP contribution >= 0.6 is 0 Å². The molecule has 1 aliphatic rings. The van der Waals surface area contributed by atoms with Gasteiger partial charge in [-0.2, -0.15) is 0 Å². The first-order chi connectivity index (χ1) is 8.58. The van der Waals surface area contributed by atoms with Crippen molar-refractivity contribution in [1.29, 1.82) is 0 Å². The van der Waals surface area contributed by atoms with Crippen LogP contribution in [0.15, 0.2) is 18.2 Å². The third-order valence-corrected chi connectivity index (χ3v) is 4.34. The Balaban J connectivity index is 1.91. The van der Waals surface area contributed by atoms with E-state index in [1.165, 1.54) is 30.5 Å². The number of hydrogen-bond acceptors (Lipinski definition) is 1. The Morgan fingerprint density at radius 1 is 1.17 bits per heavy atom. The summed E-state index contributed by atoms with van der Waals surface area (Å²) in [6, 6.07) is 7.01. The molecule has 0 bridgehead atoms. The summed E-state index contributed by atoms with van der Waals surface area (Å²) in [5, 5.41) is 3.61. The summed E-state index contributed by atoms with van der Waals surface area (Å²) < 4.78 is 0. The molecule has 2 rings (SSSR count). The fourth-order valence-electron chi connectivity index (χ4n) is 2.80. The molecular weight excluding hydrogens is 218 g/mol. The highest BCUT2D eigenvalue weighted by Gasteiger charge is 2.31. The summed E-state index contributed by atoms with van der Waals surface area (Å²) in [7, 11) is 0. The highest BCUT2D eigenvalue weighted by Crippen LogP contribution is 2.42. The van der Waals surface area contributed by atoms with Gasteiger partial charge >= 0.3 is 0 Å². The molecule has 0 aromatic heterocycles. The second-order valence-electron chi connectivity index (χ2n) is 6.34. The lowest BCUT2D eigenvalue weighted by molar-refractivity contribution is 0.243. The SMILES string of the molecule is Cc1ccc(C2CCC2CNCC(C)C)cc1C. The molecule has 0 radical (unpaired) electrons. The van der Waals surface area contributed by atoms with E-state index in [1.54, 1.807) is 5.56 Å². The van der Waals surface area contributed by atoms with Gasteiger partial charge in [-0.3, -0.25) is 0 Å². The van der Waals surface area contributed by atoms with Gasteiger partial charge in [0.15, 0.2) is 0 Å². The summed E-state index contributed by atoms with van der Waals surface area (Å²) >= 11 is 0. The van der Waals surface area contributed by atoms with E-state index < -0.39 is 0 Å². The molecule has 2 unspecified atom stereocenters. The zero-order chi connectivity index (χ0) is 13.1. The lowest BCUT2D eigenvalue weighted by atomic mass is 9.69. The first-order valence-electron chi connectivity index (χ1n) is 7.35. The maximum absolute atomic E-state index is 3.61. The minimum absolute atomic E-state index is 0.755. The van der Waals surface area contributed by atoms with Crippen molar-refractivity contribution in [2.45, 2.75) is 46.5 Å². The van der Waals surface area contributed by atoms with Gasteiger partial charge in [-0.05, 0) is 74.2 Å². The van der Waals surface area contributed by atoms with Crippen molar-refractivity contribution in [3.63, 3.8) is 0 Å². The largest absolute Gasteiger partial charge is 0.316 e. The smallest absolute Gasteiger partial charge is 0.00146 e. The third-order valence-electron chi connectivity index (χ3n) is 4.34. The third kappa shape index (κ3) is 3.14. The molecule has 1 fully saturated rings. The van der Waals surface area contributed by atoms with E-state index in [1.807, 2.05) is 0 Å². The monoisotopic (exact) mass is 245 g/mol. The van der Waals surface area contributed by atoms with Gasteiger partial charge in [0, 0.05) is 0 Å². The molecule has 1 aliphatic carbocycles. The van der Waals surface area contributed by atoms with Crippen LogP contribution in [0.1, 0.15) is 49.3 Å². The first kappa shape index (κ1) is 13.6. The number of hydrogen-bond donors (Lipinski definition) is 1. The van der Waals surface area contributed by atoms with Gasteiger partial charge in [0.05, 0.1) is 0 Å². The van der Waals surface area contributed by atoms with Crippen LogP contribution in [0.2, 0.25) is 0 Å². The highest BCUT2D eigenvalue weighted by molar-refractivity contribution is 5.33. The van der Waals surface area contributed by atoms with Gasteiger partial charge in [-0.1, -0.05) is 32.0 Å². The fourth-order valence-corrected chi connectivity index (χ4v) is 2.80. The molecule has 0 saturated heterocycles. The second kappa shape index (κ2) is 5.88. The van der Waals surface area contributed by atoms with Gasteiger partial charge < -0.3 is 5.32 Å². The molecule has 1 heteroatoms. The number of rotatable bonds is 5. The van der Waals surface area contributed by atoms with Gasteiger partial charge in [-0.25, -0.2) is 0 Å². The molecule has 100 valence electrons. The van der Waals surface area contributed by atoms with Gasteiger partial charge in [0.1, 0.15) is 0 Å². The molecule has 0 heterocycles. The zero-order valence-corrected chi connectivity index (χ0v) is 12.3. The second-order valence-corrected chi connectivity index (χ2v) is 6.34. The highest BCUT2D eigenvalue weighted by atomic mass is 14.9. The minimum atomic E-state index is 0.755. The topological polar surface area (TPSA) is 12.0 Å². The van der Waals surface area contributed by atoms with E-state index in [4.69, 9.17) is 0 Å². The molecule has 1 N–H and O–H groups in total. The van der Waals surface area contributed by atoms with E-state index in [-0.39, 0.29) is 0 Å². The predicted molar refractivity (Wildman–Crippen MR) is 79.1 cm³/mol. The number of nitrogens with one attached hydrogen (secondary N) is 1. The first-order valence-corrected chi connectivity index (χ1v) is 7.35. The summed E-state index contributed by atoms with van der Waals surface area (Å²) in [4.78, 5) is 0. The summed E-state index contributed by atoms with van der Waals surface area (Å²) in [6.07, 6.45) is 2.76. The Hall–Kier alpha value is -0.820. The van der Waals surface area contributed by atoms with E-state index in [0.717, 1.165) is 24.3 Å². The average Bonchev–Trinajstić information content (AvgIpc) is 2.27. The van der Waals surface area contributed by atoms with E-state index >= 15 is 0 Å². The van der Waals surface area contributed by atoms with Gasteiger partial charge in [-0.15, -0.1) is 0 Å². The van der Waals surface area contributed by atoms with Gasteiger partial charge in [0.2, 0.25) is 0 Å². The van der Waals surface area contributed by atoms with Crippen LogP contribution in [0.4, 0.5) is 0 Å². The number of benzene rings is 1. The van der Waals surface area contributed by atoms with E-state index in [0.29, 0.717) is 0 Å². The zero-order valence-electron chi connectivity index (χ0n) is 12.3. The Morgan fingerprint density at radius 2 is 1.94 bits per heavy atom. The Morgan fingerprint density at radius 3 is 2.50 bits per heavy atom. The molecule has 18 heavy (non-hydrogen) atoms. The standard InChI is InChI=1S/C17H27N/c1-12(2)10-18-11-16-7-8-17(16)15-6-5-13(3)14(4)9-15/h5-6,9,12,16-18H,7-8,10-11H2,1-4H3. The van der Waals surface area contributed by atoms with Crippen LogP contribution in [-0.4, -0.2) is 13.1 Å². The van der Waals surface area contributed by atoms with Crippen molar-refractivity contribution < 1.29 is 0 Å². The molecule has 1 saturated carbocycles. The van der Waals surface area contributed by atoms with Crippen LogP contribution in [-0.2, 0) is 0 Å². The van der Waals surface area contributed by atoms with E-state index in [2.05, 4.69) is 51.2 Å². The average molecular weight is 245 g/mol. The van der Waals surface area contributed by atoms with Crippen molar-refractivity contribution in [2.75, 3.05) is 13.1 Å². The summed E-state index contributed by atoms with van der Waals surface area (Å²) in [5.74, 6) is 2.40. The molecule has 1 aromatic rings. The molecule has 1 nitrogen and oxygen atoms in total. The maximum Gasteiger partial charge on any atom is -0.00146 e. The Labute approximate surface area is 112 Å².